The van der Waals surface area contributed by atoms with Gasteiger partial charge in [0.15, 0.2) is 0 Å². The van der Waals surface area contributed by atoms with Crippen LogP contribution < -0.4 is 5.69 Å². The standard InChI is InChI=1S/C15H17N3O2/c1-2-3-8-20-10-11-9-14-12-6-4-5-7-13(12)16-15(19)18(14)17-11/h4-7,9H,2-3,8,10H2,1H3,(H,16,19). The number of hydrogen-bond acceptors (Lipinski definition) is 3. The van der Waals surface area contributed by atoms with E-state index >= 15 is 0 Å². The molecular formula is C15H17N3O2. The largest absolute Gasteiger partial charge is 0.375 e. The molecule has 1 N–H and O–H groups in total. The monoisotopic (exact) mass is 271 g/mol. The summed E-state index contributed by atoms with van der Waals surface area (Å²) in [5, 5.41) is 5.29. The minimum atomic E-state index is -0.224. The second kappa shape index (κ2) is 5.46. The van der Waals surface area contributed by atoms with Crippen LogP contribution >= 0.6 is 0 Å². The van der Waals surface area contributed by atoms with Gasteiger partial charge in [0.2, 0.25) is 0 Å². The summed E-state index contributed by atoms with van der Waals surface area (Å²) < 4.78 is 6.96. The van der Waals surface area contributed by atoms with Crippen molar-refractivity contribution in [2.75, 3.05) is 6.61 Å². The SMILES string of the molecule is CCCCOCc1cc2c3ccccc3[nH]c(=O)n2n1. The Morgan fingerprint density at radius 1 is 1.35 bits per heavy atom. The number of fused-ring (bicyclic) bond motifs is 3. The molecular weight excluding hydrogens is 254 g/mol. The van der Waals surface area contributed by atoms with Gasteiger partial charge in [-0.25, -0.2) is 4.79 Å². The van der Waals surface area contributed by atoms with E-state index < -0.39 is 0 Å². The zero-order chi connectivity index (χ0) is 13.9. The van der Waals surface area contributed by atoms with Crippen LogP contribution in [0.2, 0.25) is 0 Å². The average molecular weight is 271 g/mol. The Kier molecular flexibility index (Phi) is 3.52. The van der Waals surface area contributed by atoms with E-state index in [0.29, 0.717) is 6.61 Å². The van der Waals surface area contributed by atoms with Gasteiger partial charge in [-0.3, -0.25) is 0 Å². The third kappa shape index (κ3) is 2.32. The minimum absolute atomic E-state index is 0.224. The minimum Gasteiger partial charge on any atom is -0.375 e. The number of benzene rings is 1. The van der Waals surface area contributed by atoms with Crippen LogP contribution in [0, 0.1) is 0 Å². The van der Waals surface area contributed by atoms with Crippen LogP contribution in [0.1, 0.15) is 25.5 Å². The van der Waals surface area contributed by atoms with Gasteiger partial charge in [-0.15, -0.1) is 0 Å². The van der Waals surface area contributed by atoms with E-state index in [0.717, 1.165) is 41.6 Å². The van der Waals surface area contributed by atoms with Gasteiger partial charge in [0, 0.05) is 12.0 Å². The number of aromatic amines is 1. The van der Waals surface area contributed by atoms with E-state index in [1.807, 2.05) is 30.3 Å². The van der Waals surface area contributed by atoms with Gasteiger partial charge < -0.3 is 9.72 Å². The topological polar surface area (TPSA) is 59.4 Å². The van der Waals surface area contributed by atoms with E-state index in [1.54, 1.807) is 0 Å². The summed E-state index contributed by atoms with van der Waals surface area (Å²) in [4.78, 5) is 14.8. The molecule has 0 atom stereocenters. The number of aromatic nitrogens is 3. The van der Waals surface area contributed by atoms with Crippen molar-refractivity contribution in [3.8, 4) is 0 Å². The average Bonchev–Trinajstić information content (AvgIpc) is 2.89. The number of para-hydroxylation sites is 1. The highest BCUT2D eigenvalue weighted by Crippen LogP contribution is 2.17. The molecule has 0 spiro atoms. The highest BCUT2D eigenvalue weighted by Gasteiger charge is 2.08. The van der Waals surface area contributed by atoms with E-state index in [-0.39, 0.29) is 5.69 Å². The molecule has 2 heterocycles. The number of ether oxygens (including phenoxy) is 1. The van der Waals surface area contributed by atoms with Crippen molar-refractivity contribution in [2.45, 2.75) is 26.4 Å². The molecule has 5 nitrogen and oxygen atoms in total. The third-order valence-electron chi connectivity index (χ3n) is 3.29. The summed E-state index contributed by atoms with van der Waals surface area (Å²) >= 11 is 0. The highest BCUT2D eigenvalue weighted by molar-refractivity contribution is 5.93. The van der Waals surface area contributed by atoms with Crippen molar-refractivity contribution >= 4 is 16.4 Å². The van der Waals surface area contributed by atoms with Crippen molar-refractivity contribution in [1.29, 1.82) is 0 Å². The van der Waals surface area contributed by atoms with E-state index in [9.17, 15) is 4.79 Å². The quantitative estimate of drug-likeness (QED) is 0.725. The van der Waals surface area contributed by atoms with Crippen LogP contribution in [-0.2, 0) is 11.3 Å². The number of nitrogens with zero attached hydrogens (tertiary/aromatic N) is 2. The normalized spacial score (nSPS) is 11.4. The van der Waals surface area contributed by atoms with E-state index in [1.165, 1.54) is 4.52 Å². The first kappa shape index (κ1) is 12.9. The molecule has 0 unspecified atom stereocenters. The number of unbranched alkanes of at least 4 members (excludes halogenated alkanes) is 1. The molecule has 104 valence electrons. The molecule has 3 aromatic rings. The molecule has 0 fully saturated rings. The first-order chi connectivity index (χ1) is 9.79. The van der Waals surface area contributed by atoms with Crippen LogP contribution in [0.4, 0.5) is 0 Å². The van der Waals surface area contributed by atoms with Crippen molar-refractivity contribution in [1.82, 2.24) is 14.6 Å². The molecule has 0 bridgehead atoms. The summed E-state index contributed by atoms with van der Waals surface area (Å²) in [6, 6.07) is 9.64. The van der Waals surface area contributed by atoms with Gasteiger partial charge in [-0.05, 0) is 18.6 Å². The fraction of sp³-hybridized carbons (Fsp3) is 0.333. The predicted molar refractivity (Wildman–Crippen MR) is 77.9 cm³/mol. The smallest absolute Gasteiger partial charge is 0.347 e. The first-order valence-corrected chi connectivity index (χ1v) is 6.87. The Labute approximate surface area is 116 Å². The molecule has 0 aliphatic rings. The highest BCUT2D eigenvalue weighted by atomic mass is 16.5. The Hall–Kier alpha value is -2.14. The Morgan fingerprint density at radius 3 is 3.05 bits per heavy atom. The maximum absolute atomic E-state index is 12.0. The zero-order valence-electron chi connectivity index (χ0n) is 11.4. The fourth-order valence-corrected chi connectivity index (χ4v) is 2.25. The molecule has 0 aliphatic heterocycles. The molecule has 20 heavy (non-hydrogen) atoms. The molecule has 2 aromatic heterocycles. The van der Waals surface area contributed by atoms with Crippen LogP contribution in [-0.4, -0.2) is 21.2 Å². The number of H-pyrrole nitrogens is 1. The van der Waals surface area contributed by atoms with Crippen molar-refractivity contribution in [3.05, 3.63) is 46.5 Å². The van der Waals surface area contributed by atoms with Crippen molar-refractivity contribution in [3.63, 3.8) is 0 Å². The summed E-state index contributed by atoms with van der Waals surface area (Å²) in [5.74, 6) is 0. The lowest BCUT2D eigenvalue weighted by atomic mass is 10.2. The molecule has 0 amide bonds. The molecule has 0 aliphatic carbocycles. The molecule has 0 saturated carbocycles. The summed E-state index contributed by atoms with van der Waals surface area (Å²) in [5.41, 5.74) is 2.20. The van der Waals surface area contributed by atoms with Gasteiger partial charge >= 0.3 is 5.69 Å². The molecule has 3 rings (SSSR count). The van der Waals surface area contributed by atoms with Gasteiger partial charge in [0.1, 0.15) is 0 Å². The number of nitrogens with one attached hydrogen (secondary N) is 1. The molecule has 0 saturated heterocycles. The molecule has 5 heteroatoms. The maximum Gasteiger partial charge on any atom is 0.347 e. The maximum atomic E-state index is 12.0. The summed E-state index contributed by atoms with van der Waals surface area (Å²) in [6.45, 7) is 3.29. The molecule has 1 aromatic carbocycles. The van der Waals surface area contributed by atoms with Crippen LogP contribution in [0.5, 0.6) is 0 Å². The summed E-state index contributed by atoms with van der Waals surface area (Å²) in [6.07, 6.45) is 2.15. The Morgan fingerprint density at radius 2 is 2.20 bits per heavy atom. The van der Waals surface area contributed by atoms with Crippen molar-refractivity contribution < 1.29 is 4.74 Å². The fourth-order valence-electron chi connectivity index (χ4n) is 2.25. The predicted octanol–water partition coefficient (Wildman–Crippen LogP) is 2.49. The van der Waals surface area contributed by atoms with Crippen LogP contribution in [0.25, 0.3) is 16.4 Å². The number of rotatable bonds is 5. The zero-order valence-corrected chi connectivity index (χ0v) is 11.4. The lowest BCUT2D eigenvalue weighted by Crippen LogP contribution is -2.17. The number of hydrogen-bond donors (Lipinski definition) is 1. The van der Waals surface area contributed by atoms with Crippen LogP contribution in [0.15, 0.2) is 35.1 Å². The van der Waals surface area contributed by atoms with Gasteiger partial charge in [-0.2, -0.15) is 9.61 Å². The van der Waals surface area contributed by atoms with Gasteiger partial charge in [-0.1, -0.05) is 31.5 Å². The van der Waals surface area contributed by atoms with E-state index in [4.69, 9.17) is 4.74 Å². The third-order valence-corrected chi connectivity index (χ3v) is 3.29. The molecule has 0 radical (unpaired) electrons. The summed E-state index contributed by atoms with van der Waals surface area (Å²) in [7, 11) is 0. The lowest BCUT2D eigenvalue weighted by molar-refractivity contribution is 0.115. The Bertz CT molecular complexity index is 789. The van der Waals surface area contributed by atoms with Crippen LogP contribution in [0.3, 0.4) is 0 Å². The van der Waals surface area contributed by atoms with E-state index in [2.05, 4.69) is 17.0 Å². The van der Waals surface area contributed by atoms with Gasteiger partial charge in [0.25, 0.3) is 0 Å². The van der Waals surface area contributed by atoms with Crippen molar-refractivity contribution in [2.24, 2.45) is 0 Å². The van der Waals surface area contributed by atoms with Gasteiger partial charge in [0.05, 0.1) is 23.3 Å². The second-order valence-corrected chi connectivity index (χ2v) is 4.81. The first-order valence-electron chi connectivity index (χ1n) is 6.87. The second-order valence-electron chi connectivity index (χ2n) is 4.81. The Balaban J connectivity index is 1.99. The lowest BCUT2D eigenvalue weighted by Gasteiger charge is -1.99.